The normalized spacial score (nSPS) is 22.2. The lowest BCUT2D eigenvalue weighted by Crippen LogP contribution is -2.38. The predicted molar refractivity (Wildman–Crippen MR) is 54.2 cm³/mol. The van der Waals surface area contributed by atoms with Gasteiger partial charge < -0.3 is 4.90 Å². The molecule has 2 heteroatoms. The molecule has 0 unspecified atom stereocenters. The number of hydrogen-bond acceptors (Lipinski definition) is 2. The van der Waals surface area contributed by atoms with E-state index in [0.717, 1.165) is 38.9 Å². The fourth-order valence-corrected chi connectivity index (χ4v) is 1.66. The van der Waals surface area contributed by atoms with E-state index in [1.165, 1.54) is 0 Å². The molecule has 0 amide bonds. The predicted octanol–water partition coefficient (Wildman–Crippen LogP) is 2.19. The average Bonchev–Trinajstić information content (AvgIpc) is 2.17. The van der Waals surface area contributed by atoms with E-state index < -0.39 is 0 Å². The molecule has 2 nitrogen and oxygen atoms in total. The molecule has 0 spiro atoms. The van der Waals surface area contributed by atoms with E-state index in [1.807, 2.05) is 6.08 Å². The second-order valence-electron chi connectivity index (χ2n) is 4.09. The average molecular weight is 178 g/mol. The molecule has 0 aromatic carbocycles. The van der Waals surface area contributed by atoms with E-state index >= 15 is 0 Å². The minimum Gasteiger partial charge on any atom is -0.303 e. The van der Waals surface area contributed by atoms with Gasteiger partial charge in [-0.2, -0.15) is 5.26 Å². The highest BCUT2D eigenvalue weighted by Crippen LogP contribution is 2.29. The second-order valence-corrected chi connectivity index (χ2v) is 4.09. The molecular weight excluding hydrogens is 160 g/mol. The number of piperidine rings is 1. The van der Waals surface area contributed by atoms with Crippen LogP contribution in [0.2, 0.25) is 0 Å². The molecule has 0 saturated carbocycles. The van der Waals surface area contributed by atoms with Crippen molar-refractivity contribution in [1.29, 1.82) is 5.26 Å². The fraction of sp³-hybridized carbons (Fsp3) is 0.727. The number of nitrogens with zero attached hydrogens (tertiary/aromatic N) is 2. The molecule has 1 aliphatic rings. The Morgan fingerprint density at radius 2 is 2.15 bits per heavy atom. The quantitative estimate of drug-likeness (QED) is 0.619. The molecule has 1 rings (SSSR count). The smallest absolute Gasteiger partial charge is 0.0687 e. The zero-order valence-corrected chi connectivity index (χ0v) is 8.42. The topological polar surface area (TPSA) is 27.0 Å². The number of likely N-dealkylation sites (tertiary alicyclic amines) is 1. The number of rotatable bonds is 3. The number of nitriles is 1. The second kappa shape index (κ2) is 4.43. The Balaban J connectivity index is 2.31. The van der Waals surface area contributed by atoms with Gasteiger partial charge in [0.15, 0.2) is 0 Å². The first-order valence-electron chi connectivity index (χ1n) is 4.95. The largest absolute Gasteiger partial charge is 0.303 e. The van der Waals surface area contributed by atoms with Crippen LogP contribution >= 0.6 is 0 Å². The van der Waals surface area contributed by atoms with E-state index in [9.17, 15) is 0 Å². The van der Waals surface area contributed by atoms with Crippen molar-refractivity contribution in [2.45, 2.75) is 26.2 Å². The number of hydrogen-bond donors (Lipinski definition) is 0. The summed E-state index contributed by atoms with van der Waals surface area (Å²) in [5.74, 6) is 0. The lowest BCUT2D eigenvalue weighted by Gasteiger charge is -2.34. The molecule has 1 aliphatic heterocycles. The molecular formula is C11H18N2. The summed E-state index contributed by atoms with van der Waals surface area (Å²) < 4.78 is 0. The fourth-order valence-electron chi connectivity index (χ4n) is 1.66. The lowest BCUT2D eigenvalue weighted by atomic mass is 9.82. The van der Waals surface area contributed by atoms with Crippen LogP contribution in [0.3, 0.4) is 0 Å². The van der Waals surface area contributed by atoms with Gasteiger partial charge in [-0.25, -0.2) is 0 Å². The van der Waals surface area contributed by atoms with E-state index in [4.69, 9.17) is 5.26 Å². The van der Waals surface area contributed by atoms with Crippen LogP contribution in [0.4, 0.5) is 0 Å². The summed E-state index contributed by atoms with van der Waals surface area (Å²) in [6.45, 7) is 9.02. The van der Waals surface area contributed by atoms with E-state index in [1.54, 1.807) is 0 Å². The Morgan fingerprint density at radius 3 is 2.62 bits per heavy atom. The molecule has 1 saturated heterocycles. The minimum absolute atomic E-state index is 0.0648. The molecule has 0 bridgehead atoms. The van der Waals surface area contributed by atoms with Gasteiger partial charge in [0.1, 0.15) is 0 Å². The van der Waals surface area contributed by atoms with Crippen molar-refractivity contribution in [1.82, 2.24) is 4.90 Å². The van der Waals surface area contributed by atoms with Crippen molar-refractivity contribution in [3.05, 3.63) is 12.7 Å². The van der Waals surface area contributed by atoms with Gasteiger partial charge in [-0.1, -0.05) is 6.08 Å². The summed E-state index contributed by atoms with van der Waals surface area (Å²) in [5, 5.41) is 8.93. The highest BCUT2D eigenvalue weighted by molar-refractivity contribution is 4.98. The Bertz CT molecular complexity index is 207. The molecule has 0 N–H and O–H groups in total. The zero-order chi connectivity index (χ0) is 9.73. The van der Waals surface area contributed by atoms with Crippen LogP contribution < -0.4 is 0 Å². The SMILES string of the molecule is C=CCCN1CCC(C)(C#N)CC1. The summed E-state index contributed by atoms with van der Waals surface area (Å²) in [6.07, 6.45) is 5.04. The van der Waals surface area contributed by atoms with Gasteiger partial charge >= 0.3 is 0 Å². The van der Waals surface area contributed by atoms with Gasteiger partial charge in [-0.15, -0.1) is 6.58 Å². The van der Waals surface area contributed by atoms with Crippen molar-refractivity contribution >= 4 is 0 Å². The van der Waals surface area contributed by atoms with E-state index in [-0.39, 0.29) is 5.41 Å². The highest BCUT2D eigenvalue weighted by Gasteiger charge is 2.29. The maximum Gasteiger partial charge on any atom is 0.0687 e. The van der Waals surface area contributed by atoms with Gasteiger partial charge in [0.25, 0.3) is 0 Å². The standard InChI is InChI=1S/C11H18N2/c1-3-4-7-13-8-5-11(2,10-12)6-9-13/h3H,1,4-9H2,2H3. The molecule has 0 aromatic heterocycles. The highest BCUT2D eigenvalue weighted by atomic mass is 15.1. The molecule has 13 heavy (non-hydrogen) atoms. The molecule has 0 aromatic rings. The van der Waals surface area contributed by atoms with Crippen molar-refractivity contribution in [3.63, 3.8) is 0 Å². The maximum atomic E-state index is 8.93. The third-order valence-electron chi connectivity index (χ3n) is 2.88. The summed E-state index contributed by atoms with van der Waals surface area (Å²) in [4.78, 5) is 2.42. The molecule has 1 heterocycles. The molecule has 1 fully saturated rings. The minimum atomic E-state index is -0.0648. The van der Waals surface area contributed by atoms with Crippen LogP contribution in [0.15, 0.2) is 12.7 Å². The molecule has 0 atom stereocenters. The third-order valence-corrected chi connectivity index (χ3v) is 2.88. The van der Waals surface area contributed by atoms with E-state index in [2.05, 4.69) is 24.5 Å². The first-order valence-corrected chi connectivity index (χ1v) is 4.95. The Kier molecular flexibility index (Phi) is 3.50. The van der Waals surface area contributed by atoms with Gasteiger partial charge in [0.2, 0.25) is 0 Å². The third kappa shape index (κ3) is 2.86. The Labute approximate surface area is 80.8 Å². The van der Waals surface area contributed by atoms with Crippen LogP contribution in [0, 0.1) is 16.7 Å². The van der Waals surface area contributed by atoms with Crippen molar-refractivity contribution < 1.29 is 0 Å². The van der Waals surface area contributed by atoms with Crippen LogP contribution in [-0.2, 0) is 0 Å². The van der Waals surface area contributed by atoms with Gasteiger partial charge in [-0.05, 0) is 39.3 Å². The van der Waals surface area contributed by atoms with E-state index in [0.29, 0.717) is 0 Å². The maximum absolute atomic E-state index is 8.93. The van der Waals surface area contributed by atoms with Gasteiger partial charge in [-0.3, -0.25) is 0 Å². The Hall–Kier alpha value is -0.810. The molecule has 72 valence electrons. The lowest BCUT2D eigenvalue weighted by molar-refractivity contribution is 0.159. The monoisotopic (exact) mass is 178 g/mol. The van der Waals surface area contributed by atoms with Crippen molar-refractivity contribution in [2.75, 3.05) is 19.6 Å². The molecule has 0 aliphatic carbocycles. The summed E-state index contributed by atoms with van der Waals surface area (Å²) >= 11 is 0. The summed E-state index contributed by atoms with van der Waals surface area (Å²) in [6, 6.07) is 2.41. The van der Waals surface area contributed by atoms with Crippen LogP contribution in [0.25, 0.3) is 0 Å². The zero-order valence-electron chi connectivity index (χ0n) is 8.42. The van der Waals surface area contributed by atoms with Crippen molar-refractivity contribution in [3.8, 4) is 6.07 Å². The molecule has 0 radical (unpaired) electrons. The van der Waals surface area contributed by atoms with Crippen molar-refractivity contribution in [2.24, 2.45) is 5.41 Å². The first-order chi connectivity index (χ1) is 6.20. The van der Waals surface area contributed by atoms with Crippen LogP contribution in [0.1, 0.15) is 26.2 Å². The van der Waals surface area contributed by atoms with Crippen LogP contribution in [0.5, 0.6) is 0 Å². The van der Waals surface area contributed by atoms with Crippen LogP contribution in [-0.4, -0.2) is 24.5 Å². The van der Waals surface area contributed by atoms with Gasteiger partial charge in [0.05, 0.1) is 11.5 Å². The first kappa shape index (κ1) is 10.3. The summed E-state index contributed by atoms with van der Waals surface area (Å²) in [7, 11) is 0. The van der Waals surface area contributed by atoms with Gasteiger partial charge in [0, 0.05) is 6.54 Å². The summed E-state index contributed by atoms with van der Waals surface area (Å²) in [5.41, 5.74) is -0.0648. The Morgan fingerprint density at radius 1 is 1.54 bits per heavy atom.